The van der Waals surface area contributed by atoms with E-state index in [1.165, 1.54) is 29.7 Å². The van der Waals surface area contributed by atoms with E-state index in [0.29, 0.717) is 28.2 Å². The molecule has 128 valence electrons. The Hall–Kier alpha value is -2.74. The number of alkyl halides is 3. The molecule has 4 nitrogen and oxygen atoms in total. The zero-order valence-corrected chi connectivity index (χ0v) is 13.6. The van der Waals surface area contributed by atoms with Crippen LogP contribution in [-0.4, -0.2) is 15.9 Å². The third-order valence-corrected chi connectivity index (χ3v) is 4.32. The van der Waals surface area contributed by atoms with E-state index in [1.54, 1.807) is 17.5 Å². The number of primary amides is 1. The van der Waals surface area contributed by atoms with Gasteiger partial charge in [0.2, 0.25) is 0 Å². The number of benzene rings is 1. The molecule has 0 spiro atoms. The second-order valence-corrected chi connectivity index (χ2v) is 6.24. The first-order valence-electron chi connectivity index (χ1n) is 7.20. The molecular weight excluding hydrogens is 351 g/mol. The van der Waals surface area contributed by atoms with Gasteiger partial charge in [-0.2, -0.15) is 13.2 Å². The molecule has 0 aliphatic carbocycles. The molecule has 3 rings (SSSR count). The van der Waals surface area contributed by atoms with Crippen LogP contribution in [0.1, 0.15) is 26.6 Å². The van der Waals surface area contributed by atoms with Crippen molar-refractivity contribution in [3.63, 3.8) is 0 Å². The van der Waals surface area contributed by atoms with Gasteiger partial charge in [-0.3, -0.25) is 9.78 Å². The summed E-state index contributed by atoms with van der Waals surface area (Å²) in [4.78, 5) is 19.4. The van der Waals surface area contributed by atoms with Crippen LogP contribution in [0.25, 0.3) is 11.3 Å². The highest BCUT2D eigenvalue weighted by Gasteiger charge is 2.30. The Bertz CT molecular complexity index is 904. The van der Waals surface area contributed by atoms with Gasteiger partial charge in [-0.15, -0.1) is 11.3 Å². The first-order valence-corrected chi connectivity index (χ1v) is 8.07. The van der Waals surface area contributed by atoms with E-state index in [4.69, 9.17) is 5.73 Å². The molecule has 2 aromatic heterocycles. The van der Waals surface area contributed by atoms with Gasteiger partial charge >= 0.3 is 6.18 Å². The van der Waals surface area contributed by atoms with E-state index in [-0.39, 0.29) is 5.69 Å². The number of hydrogen-bond donors (Lipinski definition) is 1. The fraction of sp³-hybridized carbons (Fsp3) is 0.118. The minimum absolute atomic E-state index is 0.156. The number of halogens is 3. The minimum atomic E-state index is -4.36. The first kappa shape index (κ1) is 17.1. The molecule has 0 atom stereocenters. The van der Waals surface area contributed by atoms with Gasteiger partial charge < -0.3 is 5.73 Å². The van der Waals surface area contributed by atoms with Crippen LogP contribution in [0.3, 0.4) is 0 Å². The molecule has 3 aromatic rings. The van der Waals surface area contributed by atoms with Crippen molar-refractivity contribution in [3.05, 3.63) is 69.8 Å². The lowest BCUT2D eigenvalue weighted by Gasteiger charge is -2.07. The zero-order valence-electron chi connectivity index (χ0n) is 12.7. The number of amides is 1. The van der Waals surface area contributed by atoms with Crippen LogP contribution >= 0.6 is 11.3 Å². The molecule has 0 fully saturated rings. The monoisotopic (exact) mass is 363 g/mol. The number of nitrogens with zero attached hydrogens (tertiary/aromatic N) is 2. The summed E-state index contributed by atoms with van der Waals surface area (Å²) >= 11 is 1.35. The summed E-state index contributed by atoms with van der Waals surface area (Å²) in [5, 5.41) is 2.48. The van der Waals surface area contributed by atoms with Crippen molar-refractivity contribution in [1.82, 2.24) is 9.97 Å². The molecule has 0 saturated carbocycles. The van der Waals surface area contributed by atoms with Gasteiger partial charge in [0.25, 0.3) is 5.91 Å². The van der Waals surface area contributed by atoms with Crippen molar-refractivity contribution in [2.45, 2.75) is 12.6 Å². The molecule has 0 aliphatic heterocycles. The van der Waals surface area contributed by atoms with Crippen LogP contribution in [0.4, 0.5) is 13.2 Å². The molecule has 0 aliphatic rings. The molecule has 0 saturated heterocycles. The van der Waals surface area contributed by atoms with Crippen molar-refractivity contribution in [2.75, 3.05) is 0 Å². The van der Waals surface area contributed by atoms with Gasteiger partial charge in [-0.05, 0) is 23.8 Å². The number of pyridine rings is 1. The highest BCUT2D eigenvalue weighted by molar-refractivity contribution is 7.10. The summed E-state index contributed by atoms with van der Waals surface area (Å²) in [6.45, 7) is 0. The molecule has 1 amide bonds. The molecule has 2 heterocycles. The normalized spacial score (nSPS) is 11.5. The molecule has 2 N–H and O–H groups in total. The van der Waals surface area contributed by atoms with E-state index < -0.39 is 17.6 Å². The summed E-state index contributed by atoms with van der Waals surface area (Å²) in [5.41, 5.74) is 6.52. The molecule has 25 heavy (non-hydrogen) atoms. The van der Waals surface area contributed by atoms with Crippen LogP contribution in [0.15, 0.2) is 48.0 Å². The number of thiazole rings is 1. The van der Waals surface area contributed by atoms with E-state index in [1.807, 2.05) is 0 Å². The summed E-state index contributed by atoms with van der Waals surface area (Å²) < 4.78 is 38.3. The number of carbonyl (C=O) groups excluding carboxylic acids is 1. The predicted octanol–water partition coefficient (Wildman–Crippen LogP) is 3.91. The van der Waals surface area contributed by atoms with Gasteiger partial charge in [0.15, 0.2) is 0 Å². The Morgan fingerprint density at radius 2 is 2.00 bits per heavy atom. The van der Waals surface area contributed by atoms with Gasteiger partial charge in [0.1, 0.15) is 5.69 Å². The van der Waals surface area contributed by atoms with Crippen molar-refractivity contribution in [1.29, 1.82) is 0 Å². The van der Waals surface area contributed by atoms with E-state index in [0.717, 1.165) is 12.1 Å². The van der Waals surface area contributed by atoms with Crippen LogP contribution in [-0.2, 0) is 12.6 Å². The van der Waals surface area contributed by atoms with Crippen LogP contribution < -0.4 is 5.73 Å². The lowest BCUT2D eigenvalue weighted by atomic mass is 10.1. The Labute approximate surface area is 145 Å². The fourth-order valence-electron chi connectivity index (χ4n) is 2.25. The van der Waals surface area contributed by atoms with Gasteiger partial charge in [-0.25, -0.2) is 4.98 Å². The second-order valence-electron chi connectivity index (χ2n) is 5.30. The number of aromatic nitrogens is 2. The van der Waals surface area contributed by atoms with Crippen molar-refractivity contribution in [2.24, 2.45) is 5.73 Å². The Kier molecular flexibility index (Phi) is 4.54. The van der Waals surface area contributed by atoms with Gasteiger partial charge in [-0.1, -0.05) is 18.2 Å². The lowest BCUT2D eigenvalue weighted by Crippen LogP contribution is -2.12. The largest absolute Gasteiger partial charge is 0.416 e. The molecular formula is C17H12F3N3OS. The van der Waals surface area contributed by atoms with E-state index in [2.05, 4.69) is 9.97 Å². The van der Waals surface area contributed by atoms with Crippen LogP contribution in [0, 0.1) is 0 Å². The highest BCUT2D eigenvalue weighted by Crippen LogP contribution is 2.30. The quantitative estimate of drug-likeness (QED) is 0.764. The highest BCUT2D eigenvalue weighted by atomic mass is 32.1. The van der Waals surface area contributed by atoms with Crippen molar-refractivity contribution >= 4 is 17.2 Å². The standard InChI is InChI=1S/C17H12F3N3OS/c18-17(19,20)12-3-1-2-10(6-12)7-15-23-14(9-25-15)11-4-5-13(16(21)24)22-8-11/h1-6,8-9H,7H2,(H2,21,24). The SMILES string of the molecule is NC(=O)c1ccc(-c2csc(Cc3cccc(C(F)(F)F)c3)n2)cn1. The summed E-state index contributed by atoms with van der Waals surface area (Å²) in [5.74, 6) is -0.616. The molecule has 8 heteroatoms. The maximum absolute atomic E-state index is 12.8. The number of nitrogens with two attached hydrogens (primary N) is 1. The van der Waals surface area contributed by atoms with E-state index >= 15 is 0 Å². The molecule has 1 aromatic carbocycles. The van der Waals surface area contributed by atoms with Crippen molar-refractivity contribution in [3.8, 4) is 11.3 Å². The maximum Gasteiger partial charge on any atom is 0.416 e. The number of carbonyl (C=O) groups is 1. The van der Waals surface area contributed by atoms with Crippen molar-refractivity contribution < 1.29 is 18.0 Å². The lowest BCUT2D eigenvalue weighted by molar-refractivity contribution is -0.137. The maximum atomic E-state index is 12.8. The van der Waals surface area contributed by atoms with Crippen LogP contribution in [0.5, 0.6) is 0 Å². The summed E-state index contributed by atoms with van der Waals surface area (Å²) in [6, 6.07) is 8.38. The smallest absolute Gasteiger partial charge is 0.364 e. The van der Waals surface area contributed by atoms with Gasteiger partial charge in [0.05, 0.1) is 16.3 Å². The minimum Gasteiger partial charge on any atom is -0.364 e. The zero-order chi connectivity index (χ0) is 18.0. The predicted molar refractivity (Wildman–Crippen MR) is 88.1 cm³/mol. The molecule has 0 radical (unpaired) electrons. The van der Waals surface area contributed by atoms with Crippen LogP contribution in [0.2, 0.25) is 0 Å². The Morgan fingerprint density at radius 1 is 1.20 bits per heavy atom. The van der Waals surface area contributed by atoms with E-state index in [9.17, 15) is 18.0 Å². The Morgan fingerprint density at radius 3 is 2.64 bits per heavy atom. The third kappa shape index (κ3) is 4.03. The average molecular weight is 363 g/mol. The second kappa shape index (κ2) is 6.64. The van der Waals surface area contributed by atoms with Gasteiger partial charge in [0, 0.05) is 23.6 Å². The average Bonchev–Trinajstić information content (AvgIpc) is 3.03. The Balaban J connectivity index is 1.79. The fourth-order valence-corrected chi connectivity index (χ4v) is 3.09. The number of hydrogen-bond acceptors (Lipinski definition) is 4. The summed E-state index contributed by atoms with van der Waals surface area (Å²) in [7, 11) is 0. The molecule has 0 bridgehead atoms. The number of rotatable bonds is 4. The molecule has 0 unspecified atom stereocenters. The first-order chi connectivity index (χ1) is 11.8. The summed E-state index contributed by atoms with van der Waals surface area (Å²) in [6.07, 6.45) is -2.57. The topological polar surface area (TPSA) is 68.9 Å². The third-order valence-electron chi connectivity index (χ3n) is 3.47.